The third kappa shape index (κ3) is 2.23. The van der Waals surface area contributed by atoms with E-state index in [1.807, 2.05) is 13.8 Å². The molecule has 0 heterocycles. The Balaban J connectivity index is 2.14. The van der Waals surface area contributed by atoms with Crippen LogP contribution in [-0.2, 0) is 4.79 Å². The molecule has 0 spiro atoms. The van der Waals surface area contributed by atoms with Crippen molar-refractivity contribution in [1.29, 1.82) is 0 Å². The molecule has 1 aliphatic rings. The summed E-state index contributed by atoms with van der Waals surface area (Å²) in [7, 11) is 0. The first kappa shape index (κ1) is 12.6. The van der Waals surface area contributed by atoms with Gasteiger partial charge in [0.15, 0.2) is 0 Å². The van der Waals surface area contributed by atoms with Gasteiger partial charge in [0.2, 0.25) is 0 Å². The first-order valence-electron chi connectivity index (χ1n) is 5.62. The van der Waals surface area contributed by atoms with Crippen LogP contribution in [0.3, 0.4) is 0 Å². The van der Waals surface area contributed by atoms with Crippen molar-refractivity contribution in [1.82, 2.24) is 0 Å². The van der Waals surface area contributed by atoms with Crippen LogP contribution in [0.25, 0.3) is 0 Å². The molecule has 2 rings (SSSR count). The molecule has 0 aromatic heterocycles. The molecule has 2 atom stereocenters. The summed E-state index contributed by atoms with van der Waals surface area (Å²) in [6.45, 7) is 3.87. The second kappa shape index (κ2) is 4.41. The second-order valence-electron chi connectivity index (χ2n) is 4.61. The maximum absolute atomic E-state index is 13.2. The number of carbonyl (C=O) groups is 1. The van der Waals surface area contributed by atoms with Crippen molar-refractivity contribution < 1.29 is 13.9 Å². The Morgan fingerprint density at radius 1 is 1.53 bits per heavy atom. The van der Waals surface area contributed by atoms with E-state index in [1.165, 1.54) is 12.1 Å². The summed E-state index contributed by atoms with van der Waals surface area (Å²) >= 11 is 3.21. The zero-order valence-electron chi connectivity index (χ0n) is 9.80. The van der Waals surface area contributed by atoms with Crippen molar-refractivity contribution >= 4 is 21.7 Å². The minimum Gasteiger partial charge on any atom is -0.489 e. The van der Waals surface area contributed by atoms with Crippen molar-refractivity contribution in [3.63, 3.8) is 0 Å². The standard InChI is InChI=1S/C13H14BrFO2/c1-3-13(2)11(16)7-12(13)17-10-5-8(14)4-9(15)6-10/h4-6,12H,3,7H2,1-2H3. The molecule has 0 N–H and O–H groups in total. The van der Waals surface area contributed by atoms with Gasteiger partial charge in [-0.1, -0.05) is 22.9 Å². The minimum atomic E-state index is -0.418. The quantitative estimate of drug-likeness (QED) is 0.850. The zero-order chi connectivity index (χ0) is 12.6. The molecule has 1 aliphatic carbocycles. The average Bonchev–Trinajstić information content (AvgIpc) is 2.26. The predicted octanol–water partition coefficient (Wildman–Crippen LogP) is 3.72. The summed E-state index contributed by atoms with van der Waals surface area (Å²) < 4.78 is 19.5. The average molecular weight is 301 g/mol. The number of ether oxygens (including phenoxy) is 1. The van der Waals surface area contributed by atoms with E-state index in [4.69, 9.17) is 4.74 Å². The van der Waals surface area contributed by atoms with E-state index in [9.17, 15) is 9.18 Å². The van der Waals surface area contributed by atoms with Crippen LogP contribution in [0.2, 0.25) is 0 Å². The molecule has 1 aromatic carbocycles. The van der Waals surface area contributed by atoms with Gasteiger partial charge in [0.25, 0.3) is 0 Å². The molecule has 2 unspecified atom stereocenters. The highest BCUT2D eigenvalue weighted by atomic mass is 79.9. The molecule has 1 fully saturated rings. The Labute approximate surface area is 108 Å². The van der Waals surface area contributed by atoms with Crippen molar-refractivity contribution in [2.75, 3.05) is 0 Å². The predicted molar refractivity (Wildman–Crippen MR) is 66.5 cm³/mol. The van der Waals surface area contributed by atoms with Crippen molar-refractivity contribution in [2.24, 2.45) is 5.41 Å². The van der Waals surface area contributed by atoms with Crippen LogP contribution in [0.4, 0.5) is 4.39 Å². The van der Waals surface area contributed by atoms with Crippen LogP contribution in [0.15, 0.2) is 22.7 Å². The first-order valence-corrected chi connectivity index (χ1v) is 6.41. The molecule has 0 amide bonds. The van der Waals surface area contributed by atoms with Crippen LogP contribution < -0.4 is 4.74 Å². The molecular weight excluding hydrogens is 287 g/mol. The molecule has 0 bridgehead atoms. The minimum absolute atomic E-state index is 0.145. The van der Waals surface area contributed by atoms with Crippen LogP contribution in [0.5, 0.6) is 5.75 Å². The van der Waals surface area contributed by atoms with Gasteiger partial charge in [0.05, 0.1) is 5.41 Å². The fourth-order valence-corrected chi connectivity index (χ4v) is 2.48. The fourth-order valence-electron chi connectivity index (χ4n) is 2.03. The molecule has 1 aromatic rings. The van der Waals surface area contributed by atoms with E-state index < -0.39 is 5.41 Å². The van der Waals surface area contributed by atoms with Crippen LogP contribution in [0.1, 0.15) is 26.7 Å². The summed E-state index contributed by atoms with van der Waals surface area (Å²) in [4.78, 5) is 11.6. The van der Waals surface area contributed by atoms with E-state index in [0.717, 1.165) is 6.42 Å². The first-order chi connectivity index (χ1) is 7.95. The van der Waals surface area contributed by atoms with Gasteiger partial charge in [-0.15, -0.1) is 0 Å². The normalized spacial score (nSPS) is 27.8. The van der Waals surface area contributed by atoms with Gasteiger partial charge in [-0.25, -0.2) is 4.39 Å². The van der Waals surface area contributed by atoms with E-state index in [-0.39, 0.29) is 17.7 Å². The van der Waals surface area contributed by atoms with Gasteiger partial charge in [0.1, 0.15) is 23.5 Å². The lowest BCUT2D eigenvalue weighted by molar-refractivity contribution is -0.150. The third-order valence-corrected chi connectivity index (χ3v) is 4.03. The van der Waals surface area contributed by atoms with Crippen molar-refractivity contribution in [3.8, 4) is 5.75 Å². The Kier molecular flexibility index (Phi) is 3.25. The molecule has 2 nitrogen and oxygen atoms in total. The molecule has 17 heavy (non-hydrogen) atoms. The number of hydrogen-bond donors (Lipinski definition) is 0. The van der Waals surface area contributed by atoms with Crippen LogP contribution >= 0.6 is 15.9 Å². The van der Waals surface area contributed by atoms with Gasteiger partial charge in [-0.3, -0.25) is 4.79 Å². The monoisotopic (exact) mass is 300 g/mol. The second-order valence-corrected chi connectivity index (χ2v) is 5.53. The Hall–Kier alpha value is -0.900. The number of rotatable bonds is 3. The van der Waals surface area contributed by atoms with Gasteiger partial charge in [-0.05, 0) is 25.5 Å². The SMILES string of the molecule is CCC1(C)C(=O)CC1Oc1cc(F)cc(Br)c1. The van der Waals surface area contributed by atoms with E-state index in [0.29, 0.717) is 16.6 Å². The summed E-state index contributed by atoms with van der Waals surface area (Å²) in [6.07, 6.45) is 1.01. The van der Waals surface area contributed by atoms with Gasteiger partial charge < -0.3 is 4.74 Å². The van der Waals surface area contributed by atoms with Crippen LogP contribution in [0, 0.1) is 11.2 Å². The van der Waals surface area contributed by atoms with Gasteiger partial charge in [0, 0.05) is 17.0 Å². The molecule has 0 radical (unpaired) electrons. The van der Waals surface area contributed by atoms with E-state index >= 15 is 0 Å². The number of carbonyl (C=O) groups excluding carboxylic acids is 1. The van der Waals surface area contributed by atoms with Crippen molar-refractivity contribution in [3.05, 3.63) is 28.5 Å². The lowest BCUT2D eigenvalue weighted by Crippen LogP contribution is -2.54. The molecule has 92 valence electrons. The fraction of sp³-hybridized carbons (Fsp3) is 0.462. The van der Waals surface area contributed by atoms with E-state index in [1.54, 1.807) is 6.07 Å². The molecule has 1 saturated carbocycles. The van der Waals surface area contributed by atoms with Gasteiger partial charge >= 0.3 is 0 Å². The maximum Gasteiger partial charge on any atom is 0.146 e. The largest absolute Gasteiger partial charge is 0.489 e. The van der Waals surface area contributed by atoms with E-state index in [2.05, 4.69) is 15.9 Å². The maximum atomic E-state index is 13.2. The third-order valence-electron chi connectivity index (χ3n) is 3.57. The van der Waals surface area contributed by atoms with Crippen LogP contribution in [-0.4, -0.2) is 11.9 Å². The topological polar surface area (TPSA) is 26.3 Å². The number of benzene rings is 1. The Morgan fingerprint density at radius 2 is 2.24 bits per heavy atom. The zero-order valence-corrected chi connectivity index (χ0v) is 11.4. The summed E-state index contributed by atoms with van der Waals surface area (Å²) in [5, 5.41) is 0. The molecular formula is C13H14BrFO2. The Morgan fingerprint density at radius 3 is 2.76 bits per heavy atom. The van der Waals surface area contributed by atoms with Crippen molar-refractivity contribution in [2.45, 2.75) is 32.8 Å². The summed E-state index contributed by atoms with van der Waals surface area (Å²) in [5.41, 5.74) is -0.418. The number of Topliss-reactive ketones (excluding diaryl/α,β-unsaturated/α-hetero) is 1. The van der Waals surface area contributed by atoms with Gasteiger partial charge in [-0.2, -0.15) is 0 Å². The molecule has 0 aliphatic heterocycles. The summed E-state index contributed by atoms with van der Waals surface area (Å²) in [6, 6.07) is 4.42. The highest BCUT2D eigenvalue weighted by molar-refractivity contribution is 9.10. The highest BCUT2D eigenvalue weighted by Crippen LogP contribution is 2.42. The number of ketones is 1. The molecule has 0 saturated heterocycles. The smallest absolute Gasteiger partial charge is 0.146 e. The number of halogens is 2. The highest BCUT2D eigenvalue weighted by Gasteiger charge is 2.51. The summed E-state index contributed by atoms with van der Waals surface area (Å²) in [5.74, 6) is 0.341. The lowest BCUT2D eigenvalue weighted by atomic mass is 9.64. The molecule has 4 heteroatoms. The number of hydrogen-bond acceptors (Lipinski definition) is 2. The lowest BCUT2D eigenvalue weighted by Gasteiger charge is -2.44. The Bertz CT molecular complexity index is 440.